The van der Waals surface area contributed by atoms with E-state index in [-0.39, 0.29) is 32.5 Å². The van der Waals surface area contributed by atoms with Crippen molar-refractivity contribution >= 4 is 0 Å². The van der Waals surface area contributed by atoms with E-state index in [0.29, 0.717) is 25.0 Å². The van der Waals surface area contributed by atoms with Crippen molar-refractivity contribution in [3.05, 3.63) is 0 Å². The Kier molecular flexibility index (Phi) is 34.3. The third-order valence-corrected chi connectivity index (χ3v) is 1.14. The third kappa shape index (κ3) is 36.0. The van der Waals surface area contributed by atoms with E-state index in [1.165, 1.54) is 0 Å². The van der Waals surface area contributed by atoms with Gasteiger partial charge in [0.15, 0.2) is 0 Å². The van der Waals surface area contributed by atoms with Gasteiger partial charge in [-0.15, -0.1) is 0 Å². The minimum absolute atomic E-state index is 0. The maximum Gasteiger partial charge on any atom is 0.269 e. The smallest absolute Gasteiger partial charge is 0.269 e. The molecule has 0 spiro atoms. The van der Waals surface area contributed by atoms with Crippen LogP contribution in [0, 0.1) is 11.8 Å². The first-order valence-electron chi connectivity index (χ1n) is 5.90. The van der Waals surface area contributed by atoms with E-state index in [1.54, 1.807) is 6.92 Å². The zero-order valence-corrected chi connectivity index (χ0v) is 16.1. The number of aliphatic hydroxyl groups is 3. The van der Waals surface area contributed by atoms with Gasteiger partial charge in [0.2, 0.25) is 0 Å². The maximum atomic E-state index is 9.10. The van der Waals surface area contributed by atoms with Crippen molar-refractivity contribution in [2.45, 2.75) is 41.1 Å². The van der Waals surface area contributed by atoms with E-state index in [4.69, 9.17) is 24.8 Å². The molecular formula is C12H30HfO5. The second-order valence-corrected chi connectivity index (χ2v) is 4.08. The summed E-state index contributed by atoms with van der Waals surface area (Å²) in [6, 6.07) is 0. The number of rotatable bonds is 6. The van der Waals surface area contributed by atoms with Crippen LogP contribution in [0.25, 0.3) is 0 Å². The van der Waals surface area contributed by atoms with Crippen LogP contribution in [-0.2, 0) is 35.3 Å². The van der Waals surface area contributed by atoms with Gasteiger partial charge < -0.3 is 24.8 Å². The molecule has 0 heterocycles. The number of ether oxygens (including phenoxy) is 2. The fourth-order valence-electron chi connectivity index (χ4n) is 0.598. The molecule has 0 saturated carbocycles. The molecule has 0 fully saturated rings. The summed E-state index contributed by atoms with van der Waals surface area (Å²) in [7, 11) is 1.00. The van der Waals surface area contributed by atoms with Crippen LogP contribution in [0.1, 0.15) is 34.6 Å². The summed E-state index contributed by atoms with van der Waals surface area (Å²) in [5, 5.41) is 23.7. The molecule has 0 aliphatic heterocycles. The molecule has 0 aliphatic carbocycles. The van der Waals surface area contributed by atoms with Gasteiger partial charge in [0.05, 0.1) is 13.2 Å². The summed E-state index contributed by atoms with van der Waals surface area (Å²) in [6.07, 6.45) is 0. The topological polar surface area (TPSA) is 79.2 Å². The van der Waals surface area contributed by atoms with Crippen molar-refractivity contribution in [2.75, 3.05) is 26.9 Å². The quantitative estimate of drug-likeness (QED) is 0.434. The molecular weight excluding hydrogens is 403 g/mol. The molecule has 0 aromatic heterocycles. The summed E-state index contributed by atoms with van der Waals surface area (Å²) in [6.45, 7) is 10.0. The fraction of sp³-hybridized carbons (Fsp3) is 1.00. The van der Waals surface area contributed by atoms with Crippen molar-refractivity contribution < 1.29 is 50.6 Å². The molecule has 112 valence electrons. The van der Waals surface area contributed by atoms with E-state index >= 15 is 0 Å². The molecule has 0 aromatic carbocycles. The van der Waals surface area contributed by atoms with Gasteiger partial charge in [0, 0.05) is 39.6 Å². The van der Waals surface area contributed by atoms with Crippen molar-refractivity contribution in [3.8, 4) is 0 Å². The number of aliphatic hydroxyl groups excluding tert-OH is 3. The molecule has 0 radical (unpaired) electrons. The molecule has 6 heteroatoms. The van der Waals surface area contributed by atoms with Gasteiger partial charge in [-0.3, -0.25) is 0 Å². The Morgan fingerprint density at radius 1 is 0.889 bits per heavy atom. The van der Waals surface area contributed by atoms with Crippen molar-refractivity contribution in [1.29, 1.82) is 0 Å². The van der Waals surface area contributed by atoms with Gasteiger partial charge in [-0.1, -0.05) is 27.7 Å². The van der Waals surface area contributed by atoms with Crippen molar-refractivity contribution in [3.63, 3.8) is 0 Å². The molecule has 5 nitrogen and oxygen atoms in total. The van der Waals surface area contributed by atoms with Gasteiger partial charge in [0.1, 0.15) is 0 Å². The van der Waals surface area contributed by atoms with E-state index in [1.807, 2.05) is 27.7 Å². The Bertz CT molecular complexity index is 111. The average Bonchev–Trinajstić information content (AvgIpc) is 2.27. The Balaban J connectivity index is -0.000000142. The second kappa shape index (κ2) is 22.8. The third-order valence-electron chi connectivity index (χ3n) is 1.14. The van der Waals surface area contributed by atoms with E-state index in [0.717, 1.165) is 7.11 Å². The molecule has 0 bridgehead atoms. The molecule has 0 aromatic rings. The van der Waals surface area contributed by atoms with Gasteiger partial charge in [-0.25, -0.2) is 0 Å². The van der Waals surface area contributed by atoms with Crippen LogP contribution in [-0.4, -0.2) is 48.7 Å². The Morgan fingerprint density at radius 2 is 1.11 bits per heavy atom. The minimum Gasteiger partial charge on any atom is -0.400 e. The molecule has 3 N–H and O–H groups in total. The monoisotopic (exact) mass is 434 g/mol. The van der Waals surface area contributed by atoms with Crippen LogP contribution >= 0.6 is 0 Å². The Hall–Kier alpha value is 0.670. The summed E-state index contributed by atoms with van der Waals surface area (Å²) >= 11 is 0. The summed E-state index contributed by atoms with van der Waals surface area (Å²) in [5.74, 6) is 0.838. The fourth-order valence-corrected chi connectivity index (χ4v) is 0.598. The average molecular weight is 433 g/mol. The predicted octanol–water partition coefficient (Wildman–Crippen LogP) is 1.21. The maximum absolute atomic E-state index is 9.10. The second-order valence-electron chi connectivity index (χ2n) is 4.08. The molecule has 0 unspecified atom stereocenters. The number of hydrogen-bond acceptors (Lipinski definition) is 5. The van der Waals surface area contributed by atoms with Crippen LogP contribution in [0.3, 0.4) is 0 Å². The summed E-state index contributed by atoms with van der Waals surface area (Å²) in [4.78, 5) is 0. The normalized spacial score (nSPS) is 9.33. The minimum atomic E-state index is -1.06. The summed E-state index contributed by atoms with van der Waals surface area (Å²) < 4.78 is 9.97. The van der Waals surface area contributed by atoms with Crippen LogP contribution < -0.4 is 0 Å². The Morgan fingerprint density at radius 3 is 1.28 bits per heavy atom. The first-order chi connectivity index (χ1) is 7.93. The van der Waals surface area contributed by atoms with Gasteiger partial charge in [-0.2, -0.15) is 0 Å². The van der Waals surface area contributed by atoms with Crippen LogP contribution in [0.2, 0.25) is 0 Å². The molecule has 0 amide bonds. The molecule has 0 rings (SSSR count). The molecule has 0 saturated heterocycles. The molecule has 0 atom stereocenters. The standard InChI is InChI=1S/C9H20O3.C2H6O.CH4O.Hf/c1-7(2)5-11-9(10)12-6-8(3)4;1-2-3;1-2;/h7-10H,5-6H2,1-4H3;3H,2H2,1H3;2H,1H3;. The first kappa shape index (κ1) is 27.1. The zero-order valence-electron chi connectivity index (χ0n) is 12.5. The Labute approximate surface area is 130 Å². The van der Waals surface area contributed by atoms with Crippen molar-refractivity contribution in [2.24, 2.45) is 11.8 Å². The van der Waals surface area contributed by atoms with Crippen LogP contribution in [0.15, 0.2) is 0 Å². The van der Waals surface area contributed by atoms with E-state index in [9.17, 15) is 0 Å². The molecule has 18 heavy (non-hydrogen) atoms. The summed E-state index contributed by atoms with van der Waals surface area (Å²) in [5.41, 5.74) is 0. The molecule has 0 aliphatic rings. The van der Waals surface area contributed by atoms with E-state index in [2.05, 4.69) is 0 Å². The van der Waals surface area contributed by atoms with Crippen molar-refractivity contribution in [1.82, 2.24) is 0 Å². The zero-order chi connectivity index (χ0) is 14.3. The van der Waals surface area contributed by atoms with Crippen LogP contribution in [0.4, 0.5) is 0 Å². The van der Waals surface area contributed by atoms with Gasteiger partial charge in [-0.05, 0) is 18.8 Å². The number of hydrogen-bond donors (Lipinski definition) is 3. The van der Waals surface area contributed by atoms with E-state index < -0.39 is 6.48 Å². The van der Waals surface area contributed by atoms with Gasteiger partial charge in [0.25, 0.3) is 6.48 Å². The first-order valence-corrected chi connectivity index (χ1v) is 5.90. The SMILES string of the molecule is CC(C)COC(O)OCC(C)C.CCO.CO.[Hf]. The van der Waals surface area contributed by atoms with Gasteiger partial charge >= 0.3 is 0 Å². The largest absolute Gasteiger partial charge is 0.400 e. The predicted molar refractivity (Wildman–Crippen MR) is 68.5 cm³/mol. The van der Waals surface area contributed by atoms with Crippen LogP contribution in [0.5, 0.6) is 0 Å².